The van der Waals surface area contributed by atoms with Gasteiger partial charge in [0, 0.05) is 12.8 Å². The third kappa shape index (κ3) is 5.66. The highest BCUT2D eigenvalue weighted by molar-refractivity contribution is 5.69. The minimum Gasteiger partial charge on any atom is -0.481 e. The molecule has 0 radical (unpaired) electrons. The highest BCUT2D eigenvalue weighted by Crippen LogP contribution is 2.18. The lowest BCUT2D eigenvalue weighted by atomic mass is 10.1. The molecule has 0 heterocycles. The van der Waals surface area contributed by atoms with Crippen LogP contribution in [0, 0.1) is 0 Å². The van der Waals surface area contributed by atoms with Gasteiger partial charge in [-0.25, -0.2) is 0 Å². The summed E-state index contributed by atoms with van der Waals surface area (Å²) in [5.41, 5.74) is 3.50. The van der Waals surface area contributed by atoms with Crippen LogP contribution in [-0.4, -0.2) is 28.7 Å². The van der Waals surface area contributed by atoms with Gasteiger partial charge in [0.25, 0.3) is 0 Å². The quantitative estimate of drug-likeness (QED) is 0.502. The van der Waals surface area contributed by atoms with E-state index in [1.165, 1.54) is 0 Å². The summed E-state index contributed by atoms with van der Waals surface area (Å²) in [6, 6.07) is 0. The van der Waals surface area contributed by atoms with Crippen molar-refractivity contribution in [2.45, 2.75) is 44.9 Å². The highest BCUT2D eigenvalue weighted by Gasteiger charge is 2.31. The SMILES string of the molecule is CC(C)(C)OC(N)(C=O)CCC(=O)O. The lowest BCUT2D eigenvalue weighted by Gasteiger charge is -2.31. The minimum absolute atomic E-state index is 0.0247. The van der Waals surface area contributed by atoms with Gasteiger partial charge < -0.3 is 9.84 Å². The van der Waals surface area contributed by atoms with Crippen LogP contribution in [0.25, 0.3) is 0 Å². The summed E-state index contributed by atoms with van der Waals surface area (Å²) < 4.78 is 5.27. The number of rotatable bonds is 5. The van der Waals surface area contributed by atoms with Crippen LogP contribution in [0.2, 0.25) is 0 Å². The number of carbonyl (C=O) groups is 2. The maximum absolute atomic E-state index is 10.7. The maximum atomic E-state index is 10.7. The highest BCUT2D eigenvalue weighted by atomic mass is 16.5. The molecule has 0 aliphatic heterocycles. The molecule has 0 bridgehead atoms. The Morgan fingerprint density at radius 3 is 2.29 bits per heavy atom. The van der Waals surface area contributed by atoms with Crippen LogP contribution in [0.1, 0.15) is 33.6 Å². The number of aldehydes is 1. The summed E-state index contributed by atoms with van der Waals surface area (Å²) in [6.45, 7) is 5.25. The lowest BCUT2D eigenvalue weighted by Crippen LogP contribution is -2.49. The van der Waals surface area contributed by atoms with Crippen molar-refractivity contribution in [2.24, 2.45) is 5.73 Å². The van der Waals surface area contributed by atoms with Crippen molar-refractivity contribution in [3.05, 3.63) is 0 Å². The minimum atomic E-state index is -1.50. The zero-order valence-corrected chi connectivity index (χ0v) is 8.74. The third-order valence-corrected chi connectivity index (χ3v) is 1.43. The molecule has 0 aromatic heterocycles. The van der Waals surface area contributed by atoms with Crippen LogP contribution < -0.4 is 5.73 Å². The van der Waals surface area contributed by atoms with Crippen molar-refractivity contribution in [1.29, 1.82) is 0 Å². The number of hydrogen-bond acceptors (Lipinski definition) is 4. The van der Waals surface area contributed by atoms with Gasteiger partial charge in [-0.05, 0) is 20.8 Å². The smallest absolute Gasteiger partial charge is 0.303 e. The number of carbonyl (C=O) groups excluding carboxylic acids is 1. The Kier molecular flexibility index (Phi) is 4.22. The first kappa shape index (κ1) is 13.1. The largest absolute Gasteiger partial charge is 0.481 e. The number of hydrogen-bond donors (Lipinski definition) is 2. The molecule has 0 aliphatic carbocycles. The van der Waals surface area contributed by atoms with E-state index in [9.17, 15) is 9.59 Å². The van der Waals surface area contributed by atoms with Crippen LogP contribution in [0.3, 0.4) is 0 Å². The Morgan fingerprint density at radius 2 is 2.00 bits per heavy atom. The maximum Gasteiger partial charge on any atom is 0.303 e. The van der Waals surface area contributed by atoms with Crippen molar-refractivity contribution >= 4 is 12.3 Å². The molecule has 0 aromatic rings. The molecule has 5 heteroatoms. The third-order valence-electron chi connectivity index (χ3n) is 1.43. The second-order valence-electron chi connectivity index (χ2n) is 4.18. The van der Waals surface area contributed by atoms with Crippen LogP contribution in [-0.2, 0) is 14.3 Å². The Balaban J connectivity index is 4.32. The topological polar surface area (TPSA) is 89.6 Å². The van der Waals surface area contributed by atoms with E-state index < -0.39 is 17.3 Å². The molecule has 82 valence electrons. The second kappa shape index (κ2) is 4.52. The van der Waals surface area contributed by atoms with E-state index in [-0.39, 0.29) is 12.8 Å². The van der Waals surface area contributed by atoms with Crippen LogP contribution in [0.4, 0.5) is 0 Å². The summed E-state index contributed by atoms with van der Waals surface area (Å²) >= 11 is 0. The fourth-order valence-electron chi connectivity index (χ4n) is 1.01. The van der Waals surface area contributed by atoms with Crippen LogP contribution in [0.15, 0.2) is 0 Å². The van der Waals surface area contributed by atoms with E-state index in [4.69, 9.17) is 15.6 Å². The normalized spacial score (nSPS) is 16.0. The van der Waals surface area contributed by atoms with E-state index in [0.717, 1.165) is 0 Å². The fourth-order valence-corrected chi connectivity index (χ4v) is 1.01. The van der Waals surface area contributed by atoms with E-state index in [1.807, 2.05) is 0 Å². The molecular formula is C9H17NO4. The number of nitrogens with two attached hydrogens (primary N) is 1. The number of carboxylic acids is 1. The Bertz CT molecular complexity index is 221. The zero-order chi connectivity index (χ0) is 11.4. The average Bonchev–Trinajstić information content (AvgIpc) is 1.98. The van der Waals surface area contributed by atoms with Crippen molar-refractivity contribution in [1.82, 2.24) is 0 Å². The van der Waals surface area contributed by atoms with Gasteiger partial charge in [-0.3, -0.25) is 15.3 Å². The molecular weight excluding hydrogens is 186 g/mol. The second-order valence-corrected chi connectivity index (χ2v) is 4.18. The first-order valence-electron chi connectivity index (χ1n) is 4.36. The molecule has 0 spiro atoms. The summed E-state index contributed by atoms with van der Waals surface area (Å²) in [6.07, 6.45) is 0.232. The fraction of sp³-hybridized carbons (Fsp3) is 0.778. The number of ether oxygens (including phenoxy) is 1. The van der Waals surface area contributed by atoms with Gasteiger partial charge in [0.1, 0.15) is 0 Å². The van der Waals surface area contributed by atoms with Gasteiger partial charge in [-0.15, -0.1) is 0 Å². The summed E-state index contributed by atoms with van der Waals surface area (Å²) in [4.78, 5) is 21.0. The first-order chi connectivity index (χ1) is 6.18. The molecule has 0 rings (SSSR count). The zero-order valence-electron chi connectivity index (χ0n) is 8.74. The van der Waals surface area contributed by atoms with Gasteiger partial charge >= 0.3 is 5.97 Å². The van der Waals surface area contributed by atoms with Crippen molar-refractivity contribution < 1.29 is 19.4 Å². The Hall–Kier alpha value is -0.940. The van der Waals surface area contributed by atoms with Gasteiger partial charge in [-0.2, -0.15) is 0 Å². The van der Waals surface area contributed by atoms with E-state index >= 15 is 0 Å². The molecule has 1 unspecified atom stereocenters. The Labute approximate surface area is 83.2 Å². The predicted octanol–water partition coefficient (Wildman–Crippen LogP) is 0.520. The summed E-state index contributed by atoms with van der Waals surface area (Å²) in [5, 5.41) is 8.44. The van der Waals surface area contributed by atoms with E-state index in [2.05, 4.69) is 0 Å². The molecule has 0 amide bonds. The standard InChI is InChI=1S/C9H17NO4/c1-8(2,3)14-9(10,6-11)5-4-7(12)13/h6H,4-5,10H2,1-3H3,(H,12,13). The van der Waals surface area contributed by atoms with Gasteiger partial charge in [0.05, 0.1) is 5.60 Å². The van der Waals surface area contributed by atoms with E-state index in [1.54, 1.807) is 20.8 Å². The summed E-state index contributed by atoms with van der Waals surface area (Å²) in [7, 11) is 0. The summed E-state index contributed by atoms with van der Waals surface area (Å²) in [5.74, 6) is -1.00. The monoisotopic (exact) mass is 203 g/mol. The molecule has 1 atom stereocenters. The van der Waals surface area contributed by atoms with Gasteiger partial charge in [0.15, 0.2) is 12.0 Å². The molecule has 0 saturated carbocycles. The van der Waals surface area contributed by atoms with Crippen LogP contribution in [0.5, 0.6) is 0 Å². The lowest BCUT2D eigenvalue weighted by molar-refractivity contribution is -0.157. The first-order valence-corrected chi connectivity index (χ1v) is 4.36. The van der Waals surface area contributed by atoms with Crippen molar-refractivity contribution in [2.75, 3.05) is 0 Å². The molecule has 5 nitrogen and oxygen atoms in total. The predicted molar refractivity (Wildman–Crippen MR) is 50.7 cm³/mol. The molecule has 3 N–H and O–H groups in total. The van der Waals surface area contributed by atoms with E-state index in [0.29, 0.717) is 6.29 Å². The molecule has 0 fully saturated rings. The molecule has 0 aliphatic rings. The molecule has 0 aromatic carbocycles. The van der Waals surface area contributed by atoms with Gasteiger partial charge in [0.2, 0.25) is 0 Å². The van der Waals surface area contributed by atoms with Crippen LogP contribution >= 0.6 is 0 Å². The number of carboxylic acid groups (broad SMARTS) is 1. The Morgan fingerprint density at radius 1 is 1.50 bits per heavy atom. The molecule has 14 heavy (non-hydrogen) atoms. The van der Waals surface area contributed by atoms with Crippen molar-refractivity contribution in [3.63, 3.8) is 0 Å². The van der Waals surface area contributed by atoms with Gasteiger partial charge in [-0.1, -0.05) is 0 Å². The van der Waals surface area contributed by atoms with Crippen molar-refractivity contribution in [3.8, 4) is 0 Å². The number of aliphatic carboxylic acids is 1. The molecule has 0 saturated heterocycles. The average molecular weight is 203 g/mol.